The van der Waals surface area contributed by atoms with Crippen molar-refractivity contribution in [1.29, 1.82) is 0 Å². The molecular weight excluding hydrogens is 321 g/mol. The molecule has 0 saturated heterocycles. The van der Waals surface area contributed by atoms with Gasteiger partial charge in [-0.25, -0.2) is 0 Å². The second-order valence-electron chi connectivity index (χ2n) is 2.90. The molecule has 2 rings (SSSR count). The molecule has 0 fully saturated rings. The third kappa shape index (κ3) is 2.95. The van der Waals surface area contributed by atoms with Crippen molar-refractivity contribution >= 4 is 27.3 Å². The van der Waals surface area contributed by atoms with E-state index in [-0.39, 0.29) is 5.19 Å². The van der Waals surface area contributed by atoms with E-state index >= 15 is 0 Å². The summed E-state index contributed by atoms with van der Waals surface area (Å²) in [5.74, 6) is 0.386. The van der Waals surface area contributed by atoms with Crippen molar-refractivity contribution in [2.24, 2.45) is 0 Å². The number of aromatic nitrogens is 2. The molecule has 1 heterocycles. The van der Waals surface area contributed by atoms with Gasteiger partial charge in [-0.2, -0.15) is 13.2 Å². The van der Waals surface area contributed by atoms with Crippen molar-refractivity contribution in [2.45, 2.75) is 6.18 Å². The molecule has 0 radical (unpaired) electrons. The lowest BCUT2D eigenvalue weighted by molar-refractivity contribution is -0.138. The number of ether oxygens (including phenoxy) is 1. The number of halogens is 4. The fraction of sp³-hybridized carbons (Fsp3) is 0.111. The monoisotopic (exact) mass is 324 g/mol. The Bertz CT molecular complexity index is 529. The van der Waals surface area contributed by atoms with Gasteiger partial charge < -0.3 is 4.74 Å². The molecule has 0 amide bonds. The van der Waals surface area contributed by atoms with Crippen LogP contribution in [0.4, 0.5) is 13.2 Å². The average molecular weight is 325 g/mol. The van der Waals surface area contributed by atoms with Crippen LogP contribution in [0.2, 0.25) is 0 Å². The number of nitrogens with zero attached hydrogens (tertiary/aromatic N) is 2. The molecule has 17 heavy (non-hydrogen) atoms. The van der Waals surface area contributed by atoms with Crippen molar-refractivity contribution in [3.63, 3.8) is 0 Å². The van der Waals surface area contributed by atoms with Crippen LogP contribution in [0, 0.1) is 0 Å². The molecule has 0 aliphatic heterocycles. The Morgan fingerprint density at radius 3 is 2.47 bits per heavy atom. The fourth-order valence-corrected chi connectivity index (χ4v) is 1.93. The van der Waals surface area contributed by atoms with Gasteiger partial charge in [0.25, 0.3) is 5.19 Å². The lowest BCUT2D eigenvalue weighted by atomic mass is 10.3. The van der Waals surface area contributed by atoms with Gasteiger partial charge in [0, 0.05) is 0 Å². The summed E-state index contributed by atoms with van der Waals surface area (Å²) in [5.41, 5.74) is 0. The maximum absolute atomic E-state index is 12.3. The molecule has 0 N–H and O–H groups in total. The lowest BCUT2D eigenvalue weighted by Crippen LogP contribution is -2.03. The Kier molecular flexibility index (Phi) is 3.34. The lowest BCUT2D eigenvalue weighted by Gasteiger charge is -2.02. The molecule has 0 atom stereocenters. The number of rotatable bonds is 2. The zero-order valence-electron chi connectivity index (χ0n) is 8.03. The van der Waals surface area contributed by atoms with Gasteiger partial charge in [0.1, 0.15) is 5.75 Å². The average Bonchev–Trinajstić information content (AvgIpc) is 2.69. The summed E-state index contributed by atoms with van der Waals surface area (Å²) in [6, 6.07) is 6.78. The smallest absolute Gasteiger partial charge is 0.429 e. The quantitative estimate of drug-likeness (QED) is 0.833. The molecule has 0 bridgehead atoms. The summed E-state index contributed by atoms with van der Waals surface area (Å²) in [5, 5.41) is 5.16. The van der Waals surface area contributed by atoms with E-state index in [0.717, 1.165) is 0 Å². The van der Waals surface area contributed by atoms with Crippen LogP contribution >= 0.6 is 27.3 Å². The van der Waals surface area contributed by atoms with Crippen molar-refractivity contribution < 1.29 is 17.9 Å². The third-order valence-corrected chi connectivity index (χ3v) is 3.18. The largest absolute Gasteiger partial charge is 0.445 e. The highest BCUT2D eigenvalue weighted by molar-refractivity contribution is 9.10. The molecule has 3 nitrogen and oxygen atoms in total. The first-order valence-electron chi connectivity index (χ1n) is 4.30. The second-order valence-corrected chi connectivity index (χ2v) is 4.70. The summed E-state index contributed by atoms with van der Waals surface area (Å²) in [4.78, 5) is 0. The van der Waals surface area contributed by atoms with E-state index in [4.69, 9.17) is 4.74 Å². The van der Waals surface area contributed by atoms with Gasteiger partial charge in [-0.05, 0) is 28.1 Å². The fourth-order valence-electron chi connectivity index (χ4n) is 0.987. The molecular formula is C9H4BrF3N2OS. The van der Waals surface area contributed by atoms with E-state index < -0.39 is 11.2 Å². The number of alkyl halides is 3. The van der Waals surface area contributed by atoms with E-state index in [1.807, 2.05) is 0 Å². The van der Waals surface area contributed by atoms with Crippen LogP contribution in [0.15, 0.2) is 28.7 Å². The summed E-state index contributed by atoms with van der Waals surface area (Å²) in [6.45, 7) is 0. The van der Waals surface area contributed by atoms with Crippen molar-refractivity contribution in [3.05, 3.63) is 33.7 Å². The van der Waals surface area contributed by atoms with E-state index in [2.05, 4.69) is 26.1 Å². The Morgan fingerprint density at radius 1 is 1.18 bits per heavy atom. The SMILES string of the molecule is FC(F)(F)c1nnc(Oc2ccccc2Br)s1. The molecule has 8 heteroatoms. The normalized spacial score (nSPS) is 11.5. The Morgan fingerprint density at radius 2 is 1.88 bits per heavy atom. The second kappa shape index (κ2) is 4.61. The molecule has 1 aromatic heterocycles. The number of para-hydroxylation sites is 1. The van der Waals surface area contributed by atoms with Crippen LogP contribution in [0.1, 0.15) is 5.01 Å². The molecule has 1 aromatic carbocycles. The molecule has 2 aromatic rings. The summed E-state index contributed by atoms with van der Waals surface area (Å²) in [6.07, 6.45) is -4.49. The van der Waals surface area contributed by atoms with E-state index in [1.165, 1.54) is 0 Å². The number of hydrogen-bond donors (Lipinski definition) is 0. The third-order valence-electron chi connectivity index (χ3n) is 1.68. The van der Waals surface area contributed by atoms with Crippen LogP contribution < -0.4 is 4.74 Å². The topological polar surface area (TPSA) is 35.0 Å². The zero-order chi connectivity index (χ0) is 12.5. The Hall–Kier alpha value is -1.15. The molecule has 0 spiro atoms. The van der Waals surface area contributed by atoms with Crippen molar-refractivity contribution in [2.75, 3.05) is 0 Å². The predicted molar refractivity (Wildman–Crippen MR) is 59.1 cm³/mol. The molecule has 0 aliphatic rings. The first kappa shape index (κ1) is 12.3. The molecule has 0 saturated carbocycles. The molecule has 90 valence electrons. The van der Waals surface area contributed by atoms with Crippen molar-refractivity contribution in [1.82, 2.24) is 10.2 Å². The van der Waals surface area contributed by atoms with E-state index in [1.54, 1.807) is 24.3 Å². The van der Waals surface area contributed by atoms with Crippen LogP contribution in [0.25, 0.3) is 0 Å². The predicted octanol–water partition coefficient (Wildman–Crippen LogP) is 4.11. The molecule has 0 unspecified atom stereocenters. The highest BCUT2D eigenvalue weighted by Crippen LogP contribution is 2.36. The maximum atomic E-state index is 12.3. The van der Waals surface area contributed by atoms with Gasteiger partial charge in [0.2, 0.25) is 5.01 Å². The van der Waals surface area contributed by atoms with Crippen molar-refractivity contribution in [3.8, 4) is 10.9 Å². The minimum Gasteiger partial charge on any atom is -0.429 e. The summed E-state index contributed by atoms with van der Waals surface area (Å²) in [7, 11) is 0. The highest BCUT2D eigenvalue weighted by atomic mass is 79.9. The number of benzene rings is 1. The standard InChI is InChI=1S/C9H4BrF3N2OS/c10-5-3-1-2-4-6(5)16-8-15-14-7(17-8)9(11,12)13/h1-4H. The van der Waals surface area contributed by atoms with Crippen LogP contribution in [-0.2, 0) is 6.18 Å². The minimum absolute atomic E-state index is 0.149. The van der Waals surface area contributed by atoms with Gasteiger partial charge in [-0.15, -0.1) is 5.10 Å². The minimum atomic E-state index is -4.49. The van der Waals surface area contributed by atoms with Crippen LogP contribution in [0.3, 0.4) is 0 Å². The van der Waals surface area contributed by atoms with Gasteiger partial charge in [0.05, 0.1) is 4.47 Å². The summed E-state index contributed by atoms with van der Waals surface area (Å²) >= 11 is 3.56. The maximum Gasteiger partial charge on any atom is 0.445 e. The Balaban J connectivity index is 2.21. The number of hydrogen-bond acceptors (Lipinski definition) is 4. The van der Waals surface area contributed by atoms with Crippen LogP contribution in [0.5, 0.6) is 10.9 Å². The van der Waals surface area contributed by atoms with Gasteiger partial charge in [-0.3, -0.25) is 0 Å². The van der Waals surface area contributed by atoms with Gasteiger partial charge in [-0.1, -0.05) is 28.6 Å². The van der Waals surface area contributed by atoms with E-state index in [0.29, 0.717) is 21.6 Å². The van der Waals surface area contributed by atoms with E-state index in [9.17, 15) is 13.2 Å². The first-order chi connectivity index (χ1) is 7.97. The first-order valence-corrected chi connectivity index (χ1v) is 5.91. The zero-order valence-corrected chi connectivity index (χ0v) is 10.4. The molecule has 0 aliphatic carbocycles. The van der Waals surface area contributed by atoms with Gasteiger partial charge >= 0.3 is 6.18 Å². The Labute approximate surface area is 106 Å². The van der Waals surface area contributed by atoms with Gasteiger partial charge in [0.15, 0.2) is 0 Å². The highest BCUT2D eigenvalue weighted by Gasteiger charge is 2.36. The summed E-state index contributed by atoms with van der Waals surface area (Å²) < 4.78 is 42.6. The van der Waals surface area contributed by atoms with Crippen LogP contribution in [-0.4, -0.2) is 10.2 Å².